The van der Waals surface area contributed by atoms with E-state index in [1.54, 1.807) is 0 Å². The third kappa shape index (κ3) is 6.01. The van der Waals surface area contributed by atoms with Gasteiger partial charge >= 0.3 is 0 Å². The number of hydrogen-bond acceptors (Lipinski definition) is 2. The fourth-order valence-corrected chi connectivity index (χ4v) is 2.50. The molecule has 0 fully saturated rings. The Balaban J connectivity index is 0.00000264. The van der Waals surface area contributed by atoms with Crippen molar-refractivity contribution in [2.24, 2.45) is 10.7 Å². The van der Waals surface area contributed by atoms with Gasteiger partial charge in [0.1, 0.15) is 0 Å². The quantitative estimate of drug-likeness (QED) is 0.316. The van der Waals surface area contributed by atoms with Crippen molar-refractivity contribution in [3.8, 4) is 0 Å². The molecule has 0 spiro atoms. The zero-order valence-electron chi connectivity index (χ0n) is 13.9. The summed E-state index contributed by atoms with van der Waals surface area (Å²) in [4.78, 5) is 18.4. The fourth-order valence-electron chi connectivity index (χ4n) is 2.50. The summed E-state index contributed by atoms with van der Waals surface area (Å²) in [6.07, 6.45) is 2.26. The van der Waals surface area contributed by atoms with E-state index < -0.39 is 0 Å². The van der Waals surface area contributed by atoms with Crippen molar-refractivity contribution in [3.05, 3.63) is 35.4 Å². The lowest BCUT2D eigenvalue weighted by Crippen LogP contribution is -2.38. The number of carbonyl (C=O) groups is 1. The highest BCUT2D eigenvalue weighted by Gasteiger charge is 2.21. The average Bonchev–Trinajstić information content (AvgIpc) is 2.95. The van der Waals surface area contributed by atoms with Gasteiger partial charge in [-0.05, 0) is 30.9 Å². The Morgan fingerprint density at radius 2 is 1.96 bits per heavy atom. The lowest BCUT2D eigenvalue weighted by atomic mass is 10.1. The maximum absolute atomic E-state index is 12.2. The summed E-state index contributed by atoms with van der Waals surface area (Å²) in [5.41, 5.74) is 8.31. The molecule has 2 rings (SSSR count). The van der Waals surface area contributed by atoms with E-state index in [4.69, 9.17) is 5.73 Å². The molecular weight excluding hydrogens is 403 g/mol. The van der Waals surface area contributed by atoms with Gasteiger partial charge in [-0.15, -0.1) is 24.0 Å². The fraction of sp³-hybridized carbons (Fsp3) is 0.529. The van der Waals surface area contributed by atoms with E-state index in [2.05, 4.69) is 36.3 Å². The van der Waals surface area contributed by atoms with E-state index in [1.165, 1.54) is 11.1 Å². The number of nitrogens with one attached hydrogen (secondary N) is 1. The number of hydrogen-bond donors (Lipinski definition) is 2. The minimum atomic E-state index is 0. The van der Waals surface area contributed by atoms with Crippen molar-refractivity contribution in [1.82, 2.24) is 10.2 Å². The summed E-state index contributed by atoms with van der Waals surface area (Å²) in [6, 6.07) is 8.56. The van der Waals surface area contributed by atoms with E-state index in [-0.39, 0.29) is 29.9 Å². The molecule has 6 heteroatoms. The van der Waals surface area contributed by atoms with Crippen molar-refractivity contribution < 1.29 is 4.79 Å². The predicted molar refractivity (Wildman–Crippen MR) is 105 cm³/mol. The minimum absolute atomic E-state index is 0. The second kappa shape index (κ2) is 9.75. The van der Waals surface area contributed by atoms with Crippen LogP contribution in [0, 0.1) is 0 Å². The summed E-state index contributed by atoms with van der Waals surface area (Å²) in [5, 5.41) is 3.12. The number of nitrogens with zero attached hydrogens (tertiary/aromatic N) is 2. The van der Waals surface area contributed by atoms with Crippen LogP contribution in [0.5, 0.6) is 0 Å². The maximum atomic E-state index is 12.2. The smallest absolute Gasteiger partial charge is 0.223 e. The zero-order valence-corrected chi connectivity index (χ0v) is 16.2. The molecule has 5 nitrogen and oxygen atoms in total. The molecule has 0 saturated carbocycles. The van der Waals surface area contributed by atoms with Gasteiger partial charge in [0.25, 0.3) is 0 Å². The third-order valence-electron chi connectivity index (χ3n) is 4.03. The van der Waals surface area contributed by atoms with Gasteiger partial charge < -0.3 is 16.0 Å². The van der Waals surface area contributed by atoms with Gasteiger partial charge in [-0.3, -0.25) is 9.79 Å². The van der Waals surface area contributed by atoms with Gasteiger partial charge in [-0.2, -0.15) is 0 Å². The van der Waals surface area contributed by atoms with Gasteiger partial charge in [0.15, 0.2) is 5.96 Å². The van der Waals surface area contributed by atoms with Gasteiger partial charge in [0, 0.05) is 32.1 Å². The molecule has 1 aliphatic rings. The van der Waals surface area contributed by atoms with Gasteiger partial charge in [0.05, 0.1) is 0 Å². The Kier molecular flexibility index (Phi) is 8.36. The van der Waals surface area contributed by atoms with Crippen LogP contribution < -0.4 is 11.1 Å². The van der Waals surface area contributed by atoms with Crippen molar-refractivity contribution in [2.75, 3.05) is 6.54 Å². The highest BCUT2D eigenvalue weighted by molar-refractivity contribution is 14.0. The molecule has 0 radical (unpaired) electrons. The average molecular weight is 430 g/mol. The first kappa shape index (κ1) is 19.7. The Morgan fingerprint density at radius 1 is 1.35 bits per heavy atom. The van der Waals surface area contributed by atoms with E-state index in [0.29, 0.717) is 25.0 Å². The van der Waals surface area contributed by atoms with Gasteiger partial charge in [0.2, 0.25) is 5.91 Å². The van der Waals surface area contributed by atoms with Crippen LogP contribution in [0.25, 0.3) is 0 Å². The standard InChI is InChI=1S/C17H26N4O.HI/c1-3-13(2)20-17(18)19-10-6-9-16(22)21-11-14-7-4-5-8-15(14)12-21;/h4-5,7-8,13H,3,6,9-12H2,1-2H3,(H3,18,19,20);1H. The Hall–Kier alpha value is -1.31. The molecule has 1 aromatic rings. The summed E-state index contributed by atoms with van der Waals surface area (Å²) in [7, 11) is 0. The Bertz CT molecular complexity index is 522. The largest absolute Gasteiger partial charge is 0.370 e. The topological polar surface area (TPSA) is 70.7 Å². The number of carbonyl (C=O) groups excluding carboxylic acids is 1. The summed E-state index contributed by atoms with van der Waals surface area (Å²) in [6.45, 7) is 6.21. The maximum Gasteiger partial charge on any atom is 0.223 e. The normalized spacial score (nSPS) is 14.9. The Morgan fingerprint density at radius 3 is 2.52 bits per heavy atom. The molecule has 3 N–H and O–H groups in total. The molecule has 0 aromatic heterocycles. The summed E-state index contributed by atoms with van der Waals surface area (Å²) in [5.74, 6) is 0.662. The van der Waals surface area contributed by atoms with E-state index >= 15 is 0 Å². The van der Waals surface area contributed by atoms with Crippen LogP contribution in [-0.4, -0.2) is 29.4 Å². The highest BCUT2D eigenvalue weighted by atomic mass is 127. The summed E-state index contributed by atoms with van der Waals surface area (Å²) < 4.78 is 0. The molecule has 1 atom stereocenters. The molecule has 0 bridgehead atoms. The van der Waals surface area contributed by atoms with Gasteiger partial charge in [-0.25, -0.2) is 0 Å². The molecule has 1 heterocycles. The number of guanidine groups is 1. The van der Waals surface area contributed by atoms with Crippen LogP contribution in [0.3, 0.4) is 0 Å². The first-order valence-corrected chi connectivity index (χ1v) is 8.01. The summed E-state index contributed by atoms with van der Waals surface area (Å²) >= 11 is 0. The van der Waals surface area contributed by atoms with Crippen LogP contribution >= 0.6 is 24.0 Å². The van der Waals surface area contributed by atoms with Crippen molar-refractivity contribution in [1.29, 1.82) is 0 Å². The minimum Gasteiger partial charge on any atom is -0.370 e. The number of rotatable bonds is 6. The van der Waals surface area contributed by atoms with Crippen LogP contribution in [0.15, 0.2) is 29.3 Å². The lowest BCUT2D eigenvalue weighted by Gasteiger charge is -2.15. The van der Waals surface area contributed by atoms with Crippen LogP contribution in [0.2, 0.25) is 0 Å². The van der Waals surface area contributed by atoms with E-state index in [9.17, 15) is 4.79 Å². The molecular formula is C17H27IN4O. The van der Waals surface area contributed by atoms with Crippen LogP contribution in [0.4, 0.5) is 0 Å². The highest BCUT2D eigenvalue weighted by Crippen LogP contribution is 2.22. The van der Waals surface area contributed by atoms with Crippen molar-refractivity contribution in [3.63, 3.8) is 0 Å². The van der Waals surface area contributed by atoms with E-state index in [1.807, 2.05) is 17.0 Å². The predicted octanol–water partition coefficient (Wildman–Crippen LogP) is 2.63. The Labute approximate surface area is 155 Å². The van der Waals surface area contributed by atoms with Crippen molar-refractivity contribution in [2.45, 2.75) is 52.2 Å². The lowest BCUT2D eigenvalue weighted by molar-refractivity contribution is -0.131. The number of amides is 1. The van der Waals surface area contributed by atoms with Gasteiger partial charge in [-0.1, -0.05) is 31.2 Å². The number of aliphatic imine (C=N–C) groups is 1. The SMILES string of the molecule is CCC(C)NC(N)=NCCCC(=O)N1Cc2ccccc2C1.I. The molecule has 23 heavy (non-hydrogen) atoms. The number of benzene rings is 1. The first-order valence-electron chi connectivity index (χ1n) is 8.01. The molecule has 1 amide bonds. The third-order valence-corrected chi connectivity index (χ3v) is 4.03. The molecule has 1 unspecified atom stereocenters. The first-order chi connectivity index (χ1) is 10.6. The van der Waals surface area contributed by atoms with E-state index in [0.717, 1.165) is 25.9 Å². The van der Waals surface area contributed by atoms with Crippen LogP contribution in [0.1, 0.15) is 44.2 Å². The molecule has 0 aliphatic carbocycles. The zero-order chi connectivity index (χ0) is 15.9. The second-order valence-electron chi connectivity index (χ2n) is 5.84. The number of fused-ring (bicyclic) bond motifs is 1. The molecule has 128 valence electrons. The number of halogens is 1. The molecule has 1 aromatic carbocycles. The van der Waals surface area contributed by atoms with Crippen molar-refractivity contribution >= 4 is 35.8 Å². The van der Waals surface area contributed by atoms with Crippen LogP contribution in [-0.2, 0) is 17.9 Å². The number of nitrogens with two attached hydrogens (primary N) is 1. The monoisotopic (exact) mass is 430 g/mol. The molecule has 1 aliphatic heterocycles. The molecule has 0 saturated heterocycles. The second-order valence-corrected chi connectivity index (χ2v) is 5.84.